The van der Waals surface area contributed by atoms with E-state index in [1.807, 2.05) is 0 Å². The molecule has 2 N–H and O–H groups in total. The lowest BCUT2D eigenvalue weighted by Gasteiger charge is -2.14. The van der Waals surface area contributed by atoms with Gasteiger partial charge in [-0.15, -0.1) is 0 Å². The molecule has 0 radical (unpaired) electrons. The van der Waals surface area contributed by atoms with Crippen LogP contribution in [0.15, 0.2) is 12.3 Å². The Balaban J connectivity index is 2.42. The first kappa shape index (κ1) is 13.6. The van der Waals surface area contributed by atoms with E-state index < -0.39 is 10.0 Å². The summed E-state index contributed by atoms with van der Waals surface area (Å²) in [6.45, 7) is 0. The molecule has 0 unspecified atom stereocenters. The van der Waals surface area contributed by atoms with E-state index in [0.29, 0.717) is 0 Å². The molecule has 1 fully saturated rings. The van der Waals surface area contributed by atoms with E-state index in [2.05, 4.69) is 15.0 Å². The molecule has 7 nitrogen and oxygen atoms in total. The van der Waals surface area contributed by atoms with Gasteiger partial charge in [-0.1, -0.05) is 0 Å². The number of hydrogen-bond donors (Lipinski definition) is 2. The maximum absolute atomic E-state index is 11.8. The van der Waals surface area contributed by atoms with Gasteiger partial charge in [0.1, 0.15) is 0 Å². The van der Waals surface area contributed by atoms with Crippen LogP contribution < -0.4 is 14.8 Å². The lowest BCUT2D eigenvalue weighted by molar-refractivity contribution is 0.0958. The number of nitrogens with zero attached hydrogens (tertiary/aromatic N) is 1. The summed E-state index contributed by atoms with van der Waals surface area (Å²) in [6, 6.07) is 1.49. The first-order valence-corrected chi connectivity index (χ1v) is 7.65. The molecule has 1 aromatic heterocycles. The summed E-state index contributed by atoms with van der Waals surface area (Å²) in [5.41, 5.74) is 0.260. The fourth-order valence-electron chi connectivity index (χ4n) is 1.48. The number of pyridine rings is 1. The van der Waals surface area contributed by atoms with Crippen molar-refractivity contribution in [2.75, 3.05) is 18.0 Å². The van der Waals surface area contributed by atoms with E-state index in [9.17, 15) is 13.2 Å². The second-order valence-electron chi connectivity index (χ2n) is 4.31. The van der Waals surface area contributed by atoms with Crippen LogP contribution in [0.4, 0.5) is 5.82 Å². The van der Waals surface area contributed by atoms with Gasteiger partial charge in [0.25, 0.3) is 5.91 Å². The van der Waals surface area contributed by atoms with Crippen LogP contribution in [-0.2, 0) is 10.0 Å². The Labute approximate surface area is 111 Å². The summed E-state index contributed by atoms with van der Waals surface area (Å²) < 4.78 is 30.5. The van der Waals surface area contributed by atoms with Crippen LogP contribution in [0, 0.1) is 0 Å². The number of nitrogens with one attached hydrogen (secondary N) is 2. The largest absolute Gasteiger partial charge is 0.486 e. The highest BCUT2D eigenvalue weighted by atomic mass is 32.2. The lowest BCUT2D eigenvalue weighted by atomic mass is 10.2. The first-order valence-electron chi connectivity index (χ1n) is 5.76. The molecule has 8 heteroatoms. The van der Waals surface area contributed by atoms with E-state index in [-0.39, 0.29) is 29.1 Å². The van der Waals surface area contributed by atoms with Crippen LogP contribution in [0.5, 0.6) is 5.75 Å². The normalized spacial score (nSPS) is 14.8. The van der Waals surface area contributed by atoms with Crippen molar-refractivity contribution in [2.45, 2.75) is 18.9 Å². The molecular weight excluding hydrogens is 270 g/mol. The molecule has 0 aliphatic heterocycles. The highest BCUT2D eigenvalue weighted by Crippen LogP contribution is 2.34. The second kappa shape index (κ2) is 5.04. The molecular formula is C11H15N3O4S. The molecule has 0 spiro atoms. The number of amides is 1. The molecule has 1 heterocycles. The number of sulfonamides is 1. The van der Waals surface area contributed by atoms with Crippen molar-refractivity contribution in [1.82, 2.24) is 10.3 Å². The SMILES string of the molecule is CNC(=O)c1ccnc(NS(C)(=O)=O)c1OC1CC1. The van der Waals surface area contributed by atoms with Gasteiger partial charge in [0.2, 0.25) is 10.0 Å². The zero-order chi connectivity index (χ0) is 14.0. The molecule has 0 saturated heterocycles. The van der Waals surface area contributed by atoms with E-state index in [1.54, 1.807) is 0 Å². The Hall–Kier alpha value is -1.83. The van der Waals surface area contributed by atoms with Gasteiger partial charge >= 0.3 is 0 Å². The highest BCUT2D eigenvalue weighted by molar-refractivity contribution is 7.92. The predicted molar refractivity (Wildman–Crippen MR) is 69.7 cm³/mol. The summed E-state index contributed by atoms with van der Waals surface area (Å²) in [5, 5.41) is 2.48. The van der Waals surface area contributed by atoms with Crippen molar-refractivity contribution in [3.05, 3.63) is 17.8 Å². The molecule has 1 aliphatic rings. The third-order valence-corrected chi connectivity index (χ3v) is 3.03. The minimum atomic E-state index is -3.49. The molecule has 104 valence electrons. The summed E-state index contributed by atoms with van der Waals surface area (Å²) in [6.07, 6.45) is 4.17. The van der Waals surface area contributed by atoms with Crippen LogP contribution in [-0.4, -0.2) is 38.7 Å². The van der Waals surface area contributed by atoms with Crippen molar-refractivity contribution >= 4 is 21.7 Å². The van der Waals surface area contributed by atoms with Gasteiger partial charge in [-0.05, 0) is 18.9 Å². The lowest BCUT2D eigenvalue weighted by Crippen LogP contribution is -2.21. The zero-order valence-corrected chi connectivity index (χ0v) is 11.5. The van der Waals surface area contributed by atoms with Gasteiger partial charge in [-0.2, -0.15) is 0 Å². The molecule has 1 aromatic rings. The highest BCUT2D eigenvalue weighted by Gasteiger charge is 2.28. The Morgan fingerprint density at radius 2 is 2.16 bits per heavy atom. The number of ether oxygens (including phenoxy) is 1. The molecule has 0 bridgehead atoms. The topological polar surface area (TPSA) is 97.4 Å². The fourth-order valence-corrected chi connectivity index (χ4v) is 1.98. The number of carbonyl (C=O) groups is 1. The number of aromatic nitrogens is 1. The molecule has 0 aromatic carbocycles. The van der Waals surface area contributed by atoms with Gasteiger partial charge in [0.05, 0.1) is 17.9 Å². The average Bonchev–Trinajstić information content (AvgIpc) is 3.12. The van der Waals surface area contributed by atoms with Crippen LogP contribution >= 0.6 is 0 Å². The summed E-state index contributed by atoms with van der Waals surface area (Å²) in [4.78, 5) is 15.7. The van der Waals surface area contributed by atoms with Gasteiger partial charge in [0.15, 0.2) is 11.6 Å². The molecule has 0 atom stereocenters. The monoisotopic (exact) mass is 285 g/mol. The zero-order valence-electron chi connectivity index (χ0n) is 10.6. The molecule has 1 aliphatic carbocycles. The van der Waals surface area contributed by atoms with Crippen molar-refractivity contribution in [3.63, 3.8) is 0 Å². The van der Waals surface area contributed by atoms with Crippen molar-refractivity contribution < 1.29 is 17.9 Å². The number of hydrogen-bond acceptors (Lipinski definition) is 5. The van der Waals surface area contributed by atoms with Gasteiger partial charge in [0, 0.05) is 13.2 Å². The van der Waals surface area contributed by atoms with Crippen molar-refractivity contribution in [3.8, 4) is 5.75 Å². The number of anilines is 1. The summed E-state index contributed by atoms with van der Waals surface area (Å²) in [7, 11) is -2.00. The first-order chi connectivity index (χ1) is 8.90. The Morgan fingerprint density at radius 3 is 2.68 bits per heavy atom. The number of carbonyl (C=O) groups excluding carboxylic acids is 1. The average molecular weight is 285 g/mol. The van der Waals surface area contributed by atoms with Gasteiger partial charge in [-0.25, -0.2) is 13.4 Å². The smallest absolute Gasteiger partial charge is 0.254 e. The quantitative estimate of drug-likeness (QED) is 0.813. The van der Waals surface area contributed by atoms with Crippen LogP contribution in [0.3, 0.4) is 0 Å². The number of rotatable bonds is 5. The minimum Gasteiger partial charge on any atom is -0.486 e. The van der Waals surface area contributed by atoms with Crippen LogP contribution in [0.25, 0.3) is 0 Å². The Kier molecular flexibility index (Phi) is 3.61. The Bertz CT molecular complexity index is 596. The molecule has 19 heavy (non-hydrogen) atoms. The summed E-state index contributed by atoms with van der Waals surface area (Å²) >= 11 is 0. The standard InChI is InChI=1S/C11H15N3O4S/c1-12-11(15)8-5-6-13-10(14-19(2,16)17)9(8)18-7-3-4-7/h5-7H,3-4H2,1-2H3,(H,12,15)(H,13,14). The maximum Gasteiger partial charge on any atom is 0.254 e. The third-order valence-electron chi connectivity index (χ3n) is 2.47. The Morgan fingerprint density at radius 1 is 1.47 bits per heavy atom. The molecule has 1 amide bonds. The van der Waals surface area contributed by atoms with E-state index in [4.69, 9.17) is 4.74 Å². The second-order valence-corrected chi connectivity index (χ2v) is 6.06. The van der Waals surface area contributed by atoms with Crippen molar-refractivity contribution in [1.29, 1.82) is 0 Å². The predicted octanol–water partition coefficient (Wildman–Crippen LogP) is 0.354. The van der Waals surface area contributed by atoms with E-state index in [0.717, 1.165) is 19.1 Å². The summed E-state index contributed by atoms with van der Waals surface area (Å²) in [5.74, 6) is -0.139. The van der Waals surface area contributed by atoms with Gasteiger partial charge < -0.3 is 10.1 Å². The van der Waals surface area contributed by atoms with E-state index in [1.165, 1.54) is 19.3 Å². The van der Waals surface area contributed by atoms with Crippen LogP contribution in [0.2, 0.25) is 0 Å². The molecule has 2 rings (SSSR count). The van der Waals surface area contributed by atoms with E-state index >= 15 is 0 Å². The third kappa shape index (κ3) is 3.57. The maximum atomic E-state index is 11.8. The minimum absolute atomic E-state index is 0.0210. The van der Waals surface area contributed by atoms with Crippen LogP contribution in [0.1, 0.15) is 23.2 Å². The fraction of sp³-hybridized carbons (Fsp3) is 0.455. The van der Waals surface area contributed by atoms with Crippen molar-refractivity contribution in [2.24, 2.45) is 0 Å². The molecule has 1 saturated carbocycles. The van der Waals surface area contributed by atoms with Gasteiger partial charge in [-0.3, -0.25) is 9.52 Å².